The number of ether oxygens (including phenoxy) is 3. The number of likely N-dealkylation sites (N-methyl/N-ethyl adjacent to an activating group) is 1. The summed E-state index contributed by atoms with van der Waals surface area (Å²) in [5, 5.41) is 20.9. The second-order valence-electron chi connectivity index (χ2n) is 9.64. The first-order valence-corrected chi connectivity index (χ1v) is 12.3. The number of aliphatic hydroxyl groups excluding tert-OH is 2. The molecular weight excluding hydrogens is 442 g/mol. The lowest BCUT2D eigenvalue weighted by Gasteiger charge is -2.39. The maximum absolute atomic E-state index is 13.4. The Morgan fingerprint density at radius 3 is 2.47 bits per heavy atom. The van der Waals surface area contributed by atoms with Crippen LogP contribution < -0.4 is 0 Å². The van der Waals surface area contributed by atoms with Gasteiger partial charge in [-0.25, -0.2) is 0 Å². The van der Waals surface area contributed by atoms with Gasteiger partial charge in [0, 0.05) is 60.0 Å². The number of aliphatic hydroxyl groups is 2. The molecule has 4 atom stereocenters. The van der Waals surface area contributed by atoms with E-state index >= 15 is 0 Å². The minimum Gasteiger partial charge on any atom is -0.388 e. The van der Waals surface area contributed by atoms with Crippen LogP contribution in [0.1, 0.15) is 40.0 Å². The molecule has 0 saturated carbocycles. The Kier molecular flexibility index (Phi) is 14.8. The summed E-state index contributed by atoms with van der Waals surface area (Å²) in [6.45, 7) is 8.52. The van der Waals surface area contributed by atoms with Crippen LogP contribution in [0, 0.1) is 5.92 Å². The first-order valence-electron chi connectivity index (χ1n) is 12.3. The van der Waals surface area contributed by atoms with Crippen LogP contribution in [0.3, 0.4) is 0 Å². The van der Waals surface area contributed by atoms with Gasteiger partial charge >= 0.3 is 0 Å². The van der Waals surface area contributed by atoms with E-state index in [0.29, 0.717) is 45.2 Å². The Labute approximate surface area is 205 Å². The summed E-state index contributed by atoms with van der Waals surface area (Å²) in [7, 11) is 4.97. The van der Waals surface area contributed by atoms with Crippen molar-refractivity contribution >= 4 is 11.8 Å². The highest BCUT2D eigenvalue weighted by molar-refractivity contribution is 5.79. The van der Waals surface area contributed by atoms with Crippen molar-refractivity contribution in [2.45, 2.75) is 64.4 Å². The number of hydrogen-bond acceptors (Lipinski definition) is 8. The zero-order chi connectivity index (χ0) is 25.7. The number of hydrogen-bond donors (Lipinski definition) is 2. The number of methoxy groups -OCH3 is 2. The first-order chi connectivity index (χ1) is 16.1. The number of rotatable bonds is 8. The fraction of sp³-hybridized carbons (Fsp3) is 0.917. The van der Waals surface area contributed by atoms with Gasteiger partial charge in [-0.3, -0.25) is 14.5 Å². The Bertz CT molecular complexity index is 593. The Balaban J connectivity index is 3.20. The maximum Gasteiger partial charge on any atom is 0.237 e. The SMILES string of the molecule is COCCN(C)CC(=O)N1CCCCOC[C@@H](O)[C@@H](O)[C@H](OC)CN(C(C)=O)C[C@H]1CC(C)C. The molecular formula is C24H47N3O7. The molecule has 0 unspecified atom stereocenters. The van der Waals surface area contributed by atoms with E-state index in [-0.39, 0.29) is 37.6 Å². The molecule has 0 aromatic heterocycles. The smallest absolute Gasteiger partial charge is 0.237 e. The van der Waals surface area contributed by atoms with E-state index in [9.17, 15) is 19.8 Å². The van der Waals surface area contributed by atoms with Crippen LogP contribution >= 0.6 is 0 Å². The van der Waals surface area contributed by atoms with Gasteiger partial charge in [0.05, 0.1) is 19.8 Å². The zero-order valence-electron chi connectivity index (χ0n) is 21.9. The van der Waals surface area contributed by atoms with Gasteiger partial charge in [-0.15, -0.1) is 0 Å². The highest BCUT2D eigenvalue weighted by Gasteiger charge is 2.33. The number of amides is 2. The molecule has 1 heterocycles. The van der Waals surface area contributed by atoms with Crippen molar-refractivity contribution in [3.63, 3.8) is 0 Å². The van der Waals surface area contributed by atoms with E-state index < -0.39 is 18.3 Å². The third kappa shape index (κ3) is 11.0. The second-order valence-corrected chi connectivity index (χ2v) is 9.64. The number of carbonyl (C=O) groups excluding carboxylic acids is 2. The minimum absolute atomic E-state index is 0.0134. The van der Waals surface area contributed by atoms with Crippen LogP contribution in [0.15, 0.2) is 0 Å². The van der Waals surface area contributed by atoms with Crippen molar-refractivity contribution in [2.75, 3.05) is 73.8 Å². The molecule has 0 radical (unpaired) electrons. The molecule has 0 spiro atoms. The standard InChI is InChI=1S/C24H47N3O7/c1-18(2)13-20-14-26(19(3)28)15-22(33-6)24(31)21(29)17-34-11-8-7-9-27(20)23(30)16-25(4)10-12-32-5/h18,20-22,24,29,31H,7-17H2,1-6H3/t20-,21-,22-,24-/m1/s1. The first kappa shape index (κ1) is 30.7. The Hall–Kier alpha value is -1.30. The van der Waals surface area contributed by atoms with Crippen molar-refractivity contribution in [3.8, 4) is 0 Å². The van der Waals surface area contributed by atoms with E-state index in [1.54, 1.807) is 12.0 Å². The largest absolute Gasteiger partial charge is 0.388 e. The Morgan fingerprint density at radius 2 is 1.88 bits per heavy atom. The molecule has 1 aliphatic rings. The van der Waals surface area contributed by atoms with Gasteiger partial charge in [-0.05, 0) is 32.2 Å². The monoisotopic (exact) mass is 489 g/mol. The summed E-state index contributed by atoms with van der Waals surface area (Å²) in [6.07, 6.45) is -0.920. The summed E-state index contributed by atoms with van der Waals surface area (Å²) >= 11 is 0. The third-order valence-electron chi connectivity index (χ3n) is 6.17. The van der Waals surface area contributed by atoms with Gasteiger partial charge in [-0.1, -0.05) is 13.8 Å². The van der Waals surface area contributed by atoms with E-state index in [2.05, 4.69) is 13.8 Å². The quantitative estimate of drug-likeness (QED) is 0.498. The summed E-state index contributed by atoms with van der Waals surface area (Å²) < 4.78 is 16.1. The van der Waals surface area contributed by atoms with Crippen LogP contribution in [-0.4, -0.2) is 135 Å². The van der Waals surface area contributed by atoms with Gasteiger partial charge in [0.25, 0.3) is 0 Å². The molecule has 0 aromatic rings. The lowest BCUT2D eigenvalue weighted by atomic mass is 10.00. The van der Waals surface area contributed by atoms with Crippen molar-refractivity contribution in [1.29, 1.82) is 0 Å². The molecule has 1 rings (SSSR count). The summed E-state index contributed by atoms with van der Waals surface area (Å²) in [5.41, 5.74) is 0. The van der Waals surface area contributed by atoms with Gasteiger partial charge in [0.1, 0.15) is 18.3 Å². The average molecular weight is 490 g/mol. The van der Waals surface area contributed by atoms with Crippen molar-refractivity contribution in [3.05, 3.63) is 0 Å². The molecule has 0 bridgehead atoms. The van der Waals surface area contributed by atoms with Gasteiger partial charge in [0.2, 0.25) is 11.8 Å². The van der Waals surface area contributed by atoms with Crippen molar-refractivity contribution < 1.29 is 34.0 Å². The fourth-order valence-corrected chi connectivity index (χ4v) is 4.17. The fourth-order valence-electron chi connectivity index (χ4n) is 4.17. The molecule has 0 aliphatic carbocycles. The molecule has 10 heteroatoms. The molecule has 2 N–H and O–H groups in total. The molecule has 10 nitrogen and oxygen atoms in total. The lowest BCUT2D eigenvalue weighted by Crippen LogP contribution is -2.54. The van der Waals surface area contributed by atoms with Crippen molar-refractivity contribution in [1.82, 2.24) is 14.7 Å². The molecule has 1 fully saturated rings. The predicted molar refractivity (Wildman–Crippen MR) is 129 cm³/mol. The normalized spacial score (nSPS) is 26.1. The van der Waals surface area contributed by atoms with E-state index in [0.717, 1.165) is 12.8 Å². The van der Waals surface area contributed by atoms with Crippen LogP contribution in [0.25, 0.3) is 0 Å². The maximum atomic E-state index is 13.4. The third-order valence-corrected chi connectivity index (χ3v) is 6.17. The zero-order valence-corrected chi connectivity index (χ0v) is 21.9. The molecule has 0 aromatic carbocycles. The van der Waals surface area contributed by atoms with Crippen LogP contribution in [0.4, 0.5) is 0 Å². The molecule has 2 amide bonds. The summed E-state index contributed by atoms with van der Waals surface area (Å²) in [4.78, 5) is 31.4. The molecule has 1 saturated heterocycles. The molecule has 1 aliphatic heterocycles. The highest BCUT2D eigenvalue weighted by atomic mass is 16.5. The summed E-state index contributed by atoms with van der Waals surface area (Å²) in [5.74, 6) is 0.151. The van der Waals surface area contributed by atoms with Gasteiger partial charge in [-0.2, -0.15) is 0 Å². The Morgan fingerprint density at radius 1 is 1.18 bits per heavy atom. The van der Waals surface area contributed by atoms with Crippen LogP contribution in [0.5, 0.6) is 0 Å². The van der Waals surface area contributed by atoms with E-state index in [1.807, 2.05) is 16.8 Å². The van der Waals surface area contributed by atoms with E-state index in [1.165, 1.54) is 14.0 Å². The van der Waals surface area contributed by atoms with E-state index in [4.69, 9.17) is 14.2 Å². The van der Waals surface area contributed by atoms with Crippen molar-refractivity contribution in [2.24, 2.45) is 5.92 Å². The lowest BCUT2D eigenvalue weighted by molar-refractivity contribution is -0.142. The van der Waals surface area contributed by atoms with Crippen LogP contribution in [-0.2, 0) is 23.8 Å². The highest BCUT2D eigenvalue weighted by Crippen LogP contribution is 2.18. The topological polar surface area (TPSA) is 112 Å². The number of carbonyl (C=O) groups is 2. The number of nitrogens with zero attached hydrogens (tertiary/aromatic N) is 3. The minimum atomic E-state index is -1.20. The van der Waals surface area contributed by atoms with Gasteiger partial charge in [0.15, 0.2) is 0 Å². The molecule has 200 valence electrons. The predicted octanol–water partition coefficient (Wildman–Crippen LogP) is 0.204. The summed E-state index contributed by atoms with van der Waals surface area (Å²) in [6, 6.07) is -0.185. The second kappa shape index (κ2) is 16.4. The average Bonchev–Trinajstić information content (AvgIpc) is 2.77. The molecule has 34 heavy (non-hydrogen) atoms. The van der Waals surface area contributed by atoms with Gasteiger partial charge < -0.3 is 34.2 Å². The van der Waals surface area contributed by atoms with Crippen LogP contribution in [0.2, 0.25) is 0 Å².